The Kier molecular flexibility index (Phi) is 7.81. The fourth-order valence-corrected chi connectivity index (χ4v) is 2.13. The molecular formula is C19H26ClFN2O5. The molecule has 0 unspecified atom stereocenters. The lowest BCUT2D eigenvalue weighted by molar-refractivity contribution is 0.0428. The van der Waals surface area contributed by atoms with E-state index >= 15 is 0 Å². The van der Waals surface area contributed by atoms with Crippen LogP contribution in [0, 0.1) is 5.82 Å². The summed E-state index contributed by atoms with van der Waals surface area (Å²) in [7, 11) is 0. The van der Waals surface area contributed by atoms with Crippen molar-refractivity contribution >= 4 is 35.6 Å². The maximum atomic E-state index is 14.7. The highest BCUT2D eigenvalue weighted by Gasteiger charge is 2.36. The van der Waals surface area contributed by atoms with Crippen LogP contribution >= 0.6 is 11.6 Å². The van der Waals surface area contributed by atoms with E-state index in [1.54, 1.807) is 48.5 Å². The topological polar surface area (TPSA) is 78.0 Å². The van der Waals surface area contributed by atoms with Gasteiger partial charge in [-0.25, -0.2) is 19.0 Å². The van der Waals surface area contributed by atoms with Gasteiger partial charge in [0.15, 0.2) is 5.82 Å². The molecule has 0 aliphatic heterocycles. The SMILES string of the molecule is CCO/C=C/c1c(Cl)ncc(F)c1N(C(=O)OC(C)(C)C)C(=O)OC(C)(C)C. The van der Waals surface area contributed by atoms with Crippen molar-refractivity contribution in [1.82, 2.24) is 4.98 Å². The molecule has 156 valence electrons. The maximum absolute atomic E-state index is 14.7. The number of nitrogens with zero attached hydrogens (tertiary/aromatic N) is 2. The van der Waals surface area contributed by atoms with Gasteiger partial charge in [-0.05, 0) is 54.5 Å². The van der Waals surface area contributed by atoms with Crippen molar-refractivity contribution in [2.75, 3.05) is 11.5 Å². The zero-order valence-corrected chi connectivity index (χ0v) is 17.9. The first-order valence-electron chi connectivity index (χ1n) is 8.65. The predicted molar refractivity (Wildman–Crippen MR) is 105 cm³/mol. The van der Waals surface area contributed by atoms with Gasteiger partial charge in [0.2, 0.25) is 0 Å². The minimum Gasteiger partial charge on any atom is -0.501 e. The molecule has 0 fully saturated rings. The highest BCUT2D eigenvalue weighted by Crippen LogP contribution is 2.32. The van der Waals surface area contributed by atoms with Gasteiger partial charge in [-0.2, -0.15) is 4.90 Å². The summed E-state index contributed by atoms with van der Waals surface area (Å²) in [6.45, 7) is 11.8. The minimum absolute atomic E-state index is 0.0353. The molecule has 9 heteroatoms. The molecule has 0 aromatic carbocycles. The van der Waals surface area contributed by atoms with Gasteiger partial charge in [0, 0.05) is 5.56 Å². The number of hydrogen-bond acceptors (Lipinski definition) is 6. The molecule has 0 bridgehead atoms. The molecule has 0 spiro atoms. The van der Waals surface area contributed by atoms with Crippen molar-refractivity contribution in [2.45, 2.75) is 59.7 Å². The second-order valence-corrected chi connectivity index (χ2v) is 8.07. The van der Waals surface area contributed by atoms with Crippen molar-refractivity contribution in [3.05, 3.63) is 29.0 Å². The molecule has 1 aromatic rings. The number of pyridine rings is 1. The van der Waals surface area contributed by atoms with Crippen LogP contribution in [0.4, 0.5) is 19.7 Å². The number of imide groups is 1. The monoisotopic (exact) mass is 416 g/mol. The van der Waals surface area contributed by atoms with E-state index in [0.29, 0.717) is 11.5 Å². The third-order valence-electron chi connectivity index (χ3n) is 2.87. The smallest absolute Gasteiger partial charge is 0.424 e. The summed E-state index contributed by atoms with van der Waals surface area (Å²) < 4.78 is 30.4. The number of hydrogen-bond donors (Lipinski definition) is 0. The average molecular weight is 417 g/mol. The second kappa shape index (κ2) is 9.23. The quantitative estimate of drug-likeness (QED) is 0.472. The summed E-state index contributed by atoms with van der Waals surface area (Å²) in [5.41, 5.74) is -2.36. The molecule has 7 nitrogen and oxygen atoms in total. The Morgan fingerprint density at radius 1 is 1.14 bits per heavy atom. The van der Waals surface area contributed by atoms with Crippen LogP contribution in [0.3, 0.4) is 0 Å². The Bertz CT molecular complexity index is 726. The molecule has 28 heavy (non-hydrogen) atoms. The number of carbonyl (C=O) groups excluding carboxylic acids is 2. The van der Waals surface area contributed by atoms with E-state index in [-0.39, 0.29) is 10.7 Å². The second-order valence-electron chi connectivity index (χ2n) is 7.71. The number of ether oxygens (including phenoxy) is 3. The van der Waals surface area contributed by atoms with Crippen molar-refractivity contribution < 1.29 is 28.2 Å². The van der Waals surface area contributed by atoms with Gasteiger partial charge in [0.05, 0.1) is 19.1 Å². The Labute approximate surface area is 169 Å². The molecule has 1 rings (SSSR count). The van der Waals surface area contributed by atoms with E-state index in [1.165, 1.54) is 12.3 Å². The van der Waals surface area contributed by atoms with Crippen molar-refractivity contribution in [3.63, 3.8) is 0 Å². The third kappa shape index (κ3) is 6.99. The van der Waals surface area contributed by atoms with Gasteiger partial charge in [0.1, 0.15) is 22.0 Å². The highest BCUT2D eigenvalue weighted by atomic mass is 35.5. The molecule has 0 aliphatic rings. The first-order valence-corrected chi connectivity index (χ1v) is 9.03. The summed E-state index contributed by atoms with van der Waals surface area (Å²) in [6.07, 6.45) is 1.13. The molecule has 0 atom stereocenters. The summed E-state index contributed by atoms with van der Waals surface area (Å²) in [5, 5.41) is -0.135. The number of carbonyl (C=O) groups is 2. The number of aromatic nitrogens is 1. The highest BCUT2D eigenvalue weighted by molar-refractivity contribution is 6.31. The molecular weight excluding hydrogens is 391 g/mol. The third-order valence-corrected chi connectivity index (χ3v) is 3.17. The molecule has 0 saturated heterocycles. The standard InChI is InChI=1S/C19H26ClFN2O5/c1-8-26-10-9-12-14(13(21)11-22-15(12)20)23(16(24)27-18(2,3)4)17(25)28-19(5,6)7/h9-11H,8H2,1-7H3/b10-9+. The molecule has 1 aromatic heterocycles. The zero-order chi connectivity index (χ0) is 21.7. The Hall–Kier alpha value is -2.35. The van der Waals surface area contributed by atoms with E-state index < -0.39 is 34.9 Å². The van der Waals surface area contributed by atoms with Crippen LogP contribution in [0.25, 0.3) is 6.08 Å². The van der Waals surface area contributed by atoms with E-state index in [4.69, 9.17) is 25.8 Å². The largest absolute Gasteiger partial charge is 0.501 e. The molecule has 1 heterocycles. The van der Waals surface area contributed by atoms with Crippen LogP contribution in [-0.4, -0.2) is 35.0 Å². The van der Waals surface area contributed by atoms with Crippen molar-refractivity contribution in [3.8, 4) is 0 Å². The predicted octanol–water partition coefficient (Wildman–Crippen LogP) is 5.56. The summed E-state index contributed by atoms with van der Waals surface area (Å²) >= 11 is 6.08. The van der Waals surface area contributed by atoms with Gasteiger partial charge in [0.25, 0.3) is 0 Å². The van der Waals surface area contributed by atoms with Crippen LogP contribution in [0.15, 0.2) is 12.5 Å². The van der Waals surface area contributed by atoms with Crippen LogP contribution in [0.1, 0.15) is 54.0 Å². The van der Waals surface area contributed by atoms with Gasteiger partial charge < -0.3 is 14.2 Å². The lowest BCUT2D eigenvalue weighted by atomic mass is 10.2. The molecule has 0 radical (unpaired) electrons. The van der Waals surface area contributed by atoms with Gasteiger partial charge >= 0.3 is 12.2 Å². The number of rotatable bonds is 4. The number of anilines is 1. The Morgan fingerprint density at radius 2 is 1.64 bits per heavy atom. The molecule has 2 amide bonds. The summed E-state index contributed by atoms with van der Waals surface area (Å²) in [5.74, 6) is -0.961. The normalized spacial score (nSPS) is 12.0. The molecule has 0 N–H and O–H groups in total. The minimum atomic E-state index is -1.12. The number of amides is 2. The lowest BCUT2D eigenvalue weighted by Crippen LogP contribution is -2.44. The van der Waals surface area contributed by atoms with Crippen molar-refractivity contribution in [2.24, 2.45) is 0 Å². The first kappa shape index (κ1) is 23.7. The van der Waals surface area contributed by atoms with Crippen LogP contribution in [0.5, 0.6) is 0 Å². The number of halogens is 2. The molecule has 0 saturated carbocycles. The summed E-state index contributed by atoms with van der Waals surface area (Å²) in [6, 6.07) is 0. The Morgan fingerprint density at radius 3 is 2.07 bits per heavy atom. The van der Waals surface area contributed by atoms with Gasteiger partial charge in [-0.3, -0.25) is 0 Å². The fourth-order valence-electron chi connectivity index (χ4n) is 1.93. The molecule has 0 aliphatic carbocycles. The summed E-state index contributed by atoms with van der Waals surface area (Å²) in [4.78, 5) is 29.7. The maximum Gasteiger partial charge on any atom is 0.424 e. The van der Waals surface area contributed by atoms with E-state index in [2.05, 4.69) is 4.98 Å². The van der Waals surface area contributed by atoms with E-state index in [9.17, 15) is 14.0 Å². The van der Waals surface area contributed by atoms with E-state index in [0.717, 1.165) is 6.20 Å². The fraction of sp³-hybridized carbons (Fsp3) is 0.526. The first-order chi connectivity index (χ1) is 12.8. The average Bonchev–Trinajstić information content (AvgIpc) is 2.50. The van der Waals surface area contributed by atoms with Gasteiger partial charge in [-0.15, -0.1) is 0 Å². The van der Waals surface area contributed by atoms with E-state index in [1.807, 2.05) is 0 Å². The van der Waals surface area contributed by atoms with Gasteiger partial charge in [-0.1, -0.05) is 11.6 Å². The lowest BCUT2D eigenvalue weighted by Gasteiger charge is -2.29. The van der Waals surface area contributed by atoms with Crippen molar-refractivity contribution in [1.29, 1.82) is 0 Å². The Balaban J connectivity index is 3.58. The van der Waals surface area contributed by atoms with Crippen LogP contribution < -0.4 is 4.90 Å². The van der Waals surface area contributed by atoms with Crippen LogP contribution in [-0.2, 0) is 14.2 Å². The zero-order valence-electron chi connectivity index (χ0n) is 17.1. The van der Waals surface area contributed by atoms with Crippen LogP contribution in [0.2, 0.25) is 5.15 Å².